The third kappa shape index (κ3) is 3.06. The quantitative estimate of drug-likeness (QED) is 0.524. The van der Waals surface area contributed by atoms with Crippen LogP contribution in [0.3, 0.4) is 0 Å². The third-order valence-corrected chi connectivity index (χ3v) is 7.76. The Morgan fingerprint density at radius 3 is 2.67 bits per heavy atom. The van der Waals surface area contributed by atoms with Crippen LogP contribution in [-0.4, -0.2) is 29.7 Å². The van der Waals surface area contributed by atoms with E-state index < -0.39 is 47.0 Å². The van der Waals surface area contributed by atoms with E-state index in [0.29, 0.717) is 32.0 Å². The number of nitrogens with two attached hydrogens (primary N) is 1. The number of halogens is 2. The maximum absolute atomic E-state index is 13.8. The Kier molecular flexibility index (Phi) is 5.11. The van der Waals surface area contributed by atoms with E-state index in [9.17, 15) is 19.2 Å². The summed E-state index contributed by atoms with van der Waals surface area (Å²) in [6, 6.07) is 9.68. The zero-order valence-corrected chi connectivity index (χ0v) is 19.9. The average molecular weight is 532 g/mol. The number of carbonyl (C=O) groups excluding carboxylic acids is 4. The highest BCUT2D eigenvalue weighted by Crippen LogP contribution is 2.55. The Balaban J connectivity index is 1.67. The molecule has 2 aromatic rings. The molecule has 8 nitrogen and oxygen atoms in total. The molecule has 2 unspecified atom stereocenters. The fraction of sp³-hybridized carbons (Fsp3) is 0.304. The second-order valence-corrected chi connectivity index (χ2v) is 9.93. The van der Waals surface area contributed by atoms with Crippen LogP contribution < -0.4 is 21.3 Å². The third-order valence-electron chi connectivity index (χ3n) is 6.85. The monoisotopic (exact) mass is 530 g/mol. The van der Waals surface area contributed by atoms with Gasteiger partial charge in [0.05, 0.1) is 23.2 Å². The summed E-state index contributed by atoms with van der Waals surface area (Å²) in [6.07, 6.45) is 0.238. The van der Waals surface area contributed by atoms with Crippen molar-refractivity contribution in [1.29, 1.82) is 0 Å². The van der Waals surface area contributed by atoms with Crippen LogP contribution in [0.4, 0.5) is 11.4 Å². The van der Waals surface area contributed by atoms with Crippen LogP contribution in [0.2, 0.25) is 5.02 Å². The highest BCUT2D eigenvalue weighted by atomic mass is 79.9. The molecule has 0 radical (unpaired) electrons. The summed E-state index contributed by atoms with van der Waals surface area (Å²) in [4.78, 5) is 53.6. The molecule has 0 aromatic heterocycles. The molecule has 5 rings (SSSR count). The number of hydrogen-bond acceptors (Lipinski definition) is 5. The lowest BCUT2D eigenvalue weighted by Gasteiger charge is -2.29. The average Bonchev–Trinajstić information content (AvgIpc) is 3.34. The van der Waals surface area contributed by atoms with Crippen molar-refractivity contribution in [3.8, 4) is 0 Å². The predicted molar refractivity (Wildman–Crippen MR) is 125 cm³/mol. The van der Waals surface area contributed by atoms with Crippen molar-refractivity contribution in [2.45, 2.75) is 31.3 Å². The molecule has 2 saturated heterocycles. The molecule has 4 amide bonds. The highest BCUT2D eigenvalue weighted by molar-refractivity contribution is 9.10. The van der Waals surface area contributed by atoms with E-state index in [1.807, 2.05) is 0 Å². The van der Waals surface area contributed by atoms with Crippen molar-refractivity contribution in [2.75, 3.05) is 10.2 Å². The zero-order chi connectivity index (χ0) is 23.7. The molecule has 170 valence electrons. The van der Waals surface area contributed by atoms with E-state index in [-0.39, 0.29) is 12.8 Å². The second kappa shape index (κ2) is 7.65. The zero-order valence-electron chi connectivity index (χ0n) is 17.5. The Morgan fingerprint density at radius 1 is 1.21 bits per heavy atom. The molecule has 33 heavy (non-hydrogen) atoms. The Labute approximate surface area is 203 Å². The molecule has 4 N–H and O–H groups in total. The van der Waals surface area contributed by atoms with Crippen LogP contribution in [-0.2, 0) is 24.7 Å². The molecule has 2 aromatic carbocycles. The van der Waals surface area contributed by atoms with Gasteiger partial charge in [-0.3, -0.25) is 24.5 Å². The minimum Gasteiger partial charge on any atom is -0.370 e. The van der Waals surface area contributed by atoms with Gasteiger partial charge in [-0.15, -0.1) is 0 Å². The first-order chi connectivity index (χ1) is 15.7. The number of amides is 4. The van der Waals surface area contributed by atoms with Crippen molar-refractivity contribution in [3.05, 3.63) is 57.0 Å². The fourth-order valence-corrected chi connectivity index (χ4v) is 5.95. The van der Waals surface area contributed by atoms with E-state index in [0.717, 1.165) is 4.90 Å². The molecule has 3 heterocycles. The molecule has 4 atom stereocenters. The fourth-order valence-electron chi connectivity index (χ4n) is 5.41. The van der Waals surface area contributed by atoms with Gasteiger partial charge in [0.2, 0.25) is 23.6 Å². The maximum Gasteiger partial charge on any atom is 0.250 e. The Bertz CT molecular complexity index is 1250. The van der Waals surface area contributed by atoms with Crippen molar-refractivity contribution < 1.29 is 19.2 Å². The smallest absolute Gasteiger partial charge is 0.250 e. The number of carbonyl (C=O) groups is 4. The molecule has 1 spiro atoms. The summed E-state index contributed by atoms with van der Waals surface area (Å²) in [5.74, 6) is -3.63. The molecule has 0 aliphatic carbocycles. The van der Waals surface area contributed by atoms with Gasteiger partial charge in [0.25, 0.3) is 0 Å². The molecule has 0 bridgehead atoms. The number of anilines is 2. The van der Waals surface area contributed by atoms with Crippen LogP contribution in [0.15, 0.2) is 40.9 Å². The predicted octanol–water partition coefficient (Wildman–Crippen LogP) is 2.60. The summed E-state index contributed by atoms with van der Waals surface area (Å²) < 4.78 is 0.713. The molecule has 2 fully saturated rings. The van der Waals surface area contributed by atoms with E-state index >= 15 is 0 Å². The van der Waals surface area contributed by atoms with E-state index in [4.69, 9.17) is 17.3 Å². The lowest BCUT2D eigenvalue weighted by molar-refractivity contribution is -0.130. The number of fused-ring (bicyclic) bond motifs is 4. The Morgan fingerprint density at radius 2 is 1.97 bits per heavy atom. The molecule has 3 aliphatic rings. The number of primary amides is 1. The lowest BCUT2D eigenvalue weighted by Crippen LogP contribution is -2.53. The van der Waals surface area contributed by atoms with Crippen LogP contribution in [0.5, 0.6) is 0 Å². The van der Waals surface area contributed by atoms with Gasteiger partial charge in [-0.1, -0.05) is 39.7 Å². The summed E-state index contributed by atoms with van der Waals surface area (Å²) in [6.45, 7) is 1.78. The SMILES string of the molecule is Cc1c(Cl)ccc2c1NC(=O)C21NC(CCC(N)=O)[C@H]2C(=O)N(c3cccc(Br)c3)C(=O)[C@H]21. The summed E-state index contributed by atoms with van der Waals surface area (Å²) >= 11 is 9.65. The van der Waals surface area contributed by atoms with Crippen LogP contribution >= 0.6 is 27.5 Å². The van der Waals surface area contributed by atoms with Gasteiger partial charge in [0, 0.05) is 27.5 Å². The minimum absolute atomic E-state index is 0.0173. The molecule has 10 heteroatoms. The standard InChI is InChI=1S/C23H20BrClN4O4/c1-10-14(25)6-5-13-19(10)27-22(33)23(13)18-17(15(28-23)7-8-16(26)30)20(31)29(21(18)32)12-4-2-3-11(24)9-12/h2-6,9,15,17-18,28H,7-8H2,1H3,(H2,26,30)(H,27,33)/t15?,17-,18+,23?/m1/s1. The molecular formula is C23H20BrClN4O4. The number of nitrogens with zero attached hydrogens (tertiary/aromatic N) is 1. The van der Waals surface area contributed by atoms with Gasteiger partial charge in [-0.2, -0.15) is 0 Å². The van der Waals surface area contributed by atoms with Crippen molar-refractivity contribution in [2.24, 2.45) is 17.6 Å². The van der Waals surface area contributed by atoms with E-state index in [1.165, 1.54) is 0 Å². The first kappa shape index (κ1) is 22.1. The number of rotatable bonds is 4. The van der Waals surface area contributed by atoms with Gasteiger partial charge in [-0.25, -0.2) is 4.90 Å². The van der Waals surface area contributed by atoms with Crippen molar-refractivity contribution in [3.63, 3.8) is 0 Å². The number of imide groups is 1. The van der Waals surface area contributed by atoms with Gasteiger partial charge < -0.3 is 11.1 Å². The molecular weight excluding hydrogens is 512 g/mol. The van der Waals surface area contributed by atoms with Gasteiger partial charge in [-0.05, 0) is 43.2 Å². The largest absolute Gasteiger partial charge is 0.370 e. The van der Waals surface area contributed by atoms with E-state index in [1.54, 1.807) is 43.3 Å². The van der Waals surface area contributed by atoms with Crippen molar-refractivity contribution >= 4 is 62.5 Å². The van der Waals surface area contributed by atoms with Gasteiger partial charge >= 0.3 is 0 Å². The van der Waals surface area contributed by atoms with Crippen molar-refractivity contribution in [1.82, 2.24) is 5.32 Å². The first-order valence-corrected chi connectivity index (χ1v) is 11.6. The lowest BCUT2D eigenvalue weighted by atomic mass is 9.76. The minimum atomic E-state index is -1.45. The van der Waals surface area contributed by atoms with Gasteiger partial charge in [0.1, 0.15) is 5.54 Å². The number of hydrogen-bond donors (Lipinski definition) is 3. The van der Waals surface area contributed by atoms with Crippen LogP contribution in [0.1, 0.15) is 24.0 Å². The summed E-state index contributed by atoms with van der Waals surface area (Å²) in [7, 11) is 0. The number of benzene rings is 2. The first-order valence-electron chi connectivity index (χ1n) is 10.5. The number of nitrogens with one attached hydrogen (secondary N) is 2. The van der Waals surface area contributed by atoms with Crippen LogP contribution in [0.25, 0.3) is 0 Å². The topological polar surface area (TPSA) is 122 Å². The Hall–Kier alpha value is -2.75. The normalized spacial score (nSPS) is 27.8. The second-order valence-electron chi connectivity index (χ2n) is 8.61. The van der Waals surface area contributed by atoms with Crippen LogP contribution in [0, 0.1) is 18.8 Å². The maximum atomic E-state index is 13.8. The van der Waals surface area contributed by atoms with Gasteiger partial charge in [0.15, 0.2) is 0 Å². The summed E-state index contributed by atoms with van der Waals surface area (Å²) in [5.41, 5.74) is 6.12. The molecule has 3 aliphatic heterocycles. The van der Waals surface area contributed by atoms with E-state index in [2.05, 4.69) is 26.6 Å². The molecule has 0 saturated carbocycles. The highest BCUT2D eigenvalue weighted by Gasteiger charge is 2.70. The summed E-state index contributed by atoms with van der Waals surface area (Å²) in [5, 5.41) is 6.63.